The number of allylic oxidation sites excluding steroid dienone is 1. The maximum atomic E-state index is 9.74. The first kappa shape index (κ1) is 8.09. The lowest BCUT2D eigenvalue weighted by atomic mass is 10.0. The van der Waals surface area contributed by atoms with Gasteiger partial charge in [-0.2, -0.15) is 0 Å². The number of halogens is 1. The molecule has 0 radical (unpaired) electrons. The first-order valence-electron chi connectivity index (χ1n) is 3.69. The van der Waals surface area contributed by atoms with Gasteiger partial charge in [0.2, 0.25) is 0 Å². The molecule has 2 heteroatoms. The maximum Gasteiger partial charge on any atom is 0.0990 e. The van der Waals surface area contributed by atoms with E-state index >= 15 is 0 Å². The zero-order chi connectivity index (χ0) is 7.61. The minimum absolute atomic E-state index is 0.0799. The first-order chi connectivity index (χ1) is 4.69. The lowest BCUT2D eigenvalue weighted by Crippen LogP contribution is -2.30. The Morgan fingerprint density at radius 3 is 2.80 bits per heavy atom. The Bertz CT molecular complexity index is 144. The van der Waals surface area contributed by atoms with Crippen molar-refractivity contribution in [2.24, 2.45) is 0 Å². The van der Waals surface area contributed by atoms with Crippen LogP contribution in [0.25, 0.3) is 0 Å². The average molecular weight is 161 g/mol. The van der Waals surface area contributed by atoms with E-state index in [0.29, 0.717) is 0 Å². The van der Waals surface area contributed by atoms with Crippen molar-refractivity contribution >= 4 is 11.6 Å². The Balaban J connectivity index is 2.65. The van der Waals surface area contributed by atoms with Crippen LogP contribution in [0.4, 0.5) is 0 Å². The topological polar surface area (TPSA) is 20.2 Å². The predicted molar refractivity (Wildman–Crippen MR) is 43.3 cm³/mol. The predicted octanol–water partition coefficient (Wildman–Crippen LogP) is 2.08. The van der Waals surface area contributed by atoms with Crippen LogP contribution in [0.15, 0.2) is 12.2 Å². The van der Waals surface area contributed by atoms with Crippen LogP contribution < -0.4 is 0 Å². The third kappa shape index (κ3) is 1.35. The van der Waals surface area contributed by atoms with Gasteiger partial charge < -0.3 is 5.11 Å². The third-order valence-electron chi connectivity index (χ3n) is 2.03. The second-order valence-corrected chi connectivity index (χ2v) is 3.38. The summed E-state index contributed by atoms with van der Waals surface area (Å²) in [7, 11) is 0. The average Bonchev–Trinajstić information content (AvgIpc) is 2.15. The quantitative estimate of drug-likeness (QED) is 0.460. The molecule has 58 valence electrons. The van der Waals surface area contributed by atoms with Crippen LogP contribution in [-0.2, 0) is 0 Å². The van der Waals surface area contributed by atoms with E-state index < -0.39 is 5.60 Å². The summed E-state index contributed by atoms with van der Waals surface area (Å²) in [6, 6.07) is 0. The Labute approximate surface area is 66.7 Å². The molecule has 2 atom stereocenters. The van der Waals surface area contributed by atoms with Crippen LogP contribution in [0.5, 0.6) is 0 Å². The summed E-state index contributed by atoms with van der Waals surface area (Å²) >= 11 is 5.90. The van der Waals surface area contributed by atoms with Gasteiger partial charge in [0.25, 0.3) is 0 Å². The molecule has 1 fully saturated rings. The molecule has 0 aromatic carbocycles. The number of alkyl halides is 1. The monoisotopic (exact) mass is 160 g/mol. The summed E-state index contributed by atoms with van der Waals surface area (Å²) in [5.41, 5.74) is -0.712. The van der Waals surface area contributed by atoms with Crippen LogP contribution in [0.3, 0.4) is 0 Å². The van der Waals surface area contributed by atoms with Crippen molar-refractivity contribution in [1.82, 2.24) is 0 Å². The lowest BCUT2D eigenvalue weighted by Gasteiger charge is -2.21. The fraction of sp³-hybridized carbons (Fsp3) is 0.750. The molecule has 0 amide bonds. The Morgan fingerprint density at radius 1 is 1.70 bits per heavy atom. The van der Waals surface area contributed by atoms with Gasteiger partial charge in [0.05, 0.1) is 11.0 Å². The molecule has 0 aromatic rings. The zero-order valence-corrected chi connectivity index (χ0v) is 6.93. The first-order valence-corrected chi connectivity index (χ1v) is 4.13. The molecule has 0 heterocycles. The molecule has 1 aliphatic carbocycles. The highest BCUT2D eigenvalue weighted by Gasteiger charge is 2.37. The second kappa shape index (κ2) is 2.93. The summed E-state index contributed by atoms with van der Waals surface area (Å²) < 4.78 is 0. The van der Waals surface area contributed by atoms with Gasteiger partial charge in [0, 0.05) is 0 Å². The lowest BCUT2D eigenvalue weighted by molar-refractivity contribution is 0.102. The molecule has 1 saturated carbocycles. The van der Waals surface area contributed by atoms with Gasteiger partial charge in [-0.3, -0.25) is 0 Å². The zero-order valence-electron chi connectivity index (χ0n) is 6.18. The summed E-state index contributed by atoms with van der Waals surface area (Å²) in [4.78, 5) is 0. The van der Waals surface area contributed by atoms with Gasteiger partial charge in [0.1, 0.15) is 0 Å². The molecule has 0 aromatic heterocycles. The smallest absolute Gasteiger partial charge is 0.0990 e. The van der Waals surface area contributed by atoms with Crippen LogP contribution in [0.1, 0.15) is 26.2 Å². The fourth-order valence-electron chi connectivity index (χ4n) is 1.45. The van der Waals surface area contributed by atoms with Crippen molar-refractivity contribution in [1.29, 1.82) is 0 Å². The van der Waals surface area contributed by atoms with E-state index in [1.165, 1.54) is 0 Å². The van der Waals surface area contributed by atoms with Gasteiger partial charge in [-0.25, -0.2) is 0 Å². The van der Waals surface area contributed by atoms with Crippen molar-refractivity contribution in [3.63, 3.8) is 0 Å². The summed E-state index contributed by atoms with van der Waals surface area (Å²) in [5.74, 6) is 0. The van der Waals surface area contributed by atoms with Gasteiger partial charge in [-0.05, 0) is 26.2 Å². The molecule has 1 aliphatic rings. The number of hydrogen-bond donors (Lipinski definition) is 1. The maximum absolute atomic E-state index is 9.74. The van der Waals surface area contributed by atoms with E-state index in [9.17, 15) is 5.11 Å². The normalized spacial score (nSPS) is 41.3. The standard InChI is InChI=1S/C8H13ClO/c1-2-5-8(10)6-3-4-7(8)9/h2,5,7,10H,3-4,6H2,1H3/b5-2+/t7-,8-/m0/s1. The van der Waals surface area contributed by atoms with E-state index in [4.69, 9.17) is 11.6 Å². The molecule has 1 rings (SSSR count). The highest BCUT2D eigenvalue weighted by atomic mass is 35.5. The number of rotatable bonds is 1. The third-order valence-corrected chi connectivity index (χ3v) is 2.63. The minimum Gasteiger partial charge on any atom is -0.384 e. The number of hydrogen-bond acceptors (Lipinski definition) is 1. The molecule has 0 bridgehead atoms. The van der Waals surface area contributed by atoms with Crippen LogP contribution in [0.2, 0.25) is 0 Å². The summed E-state index contributed by atoms with van der Waals surface area (Å²) in [6.07, 6.45) is 6.45. The highest BCUT2D eigenvalue weighted by molar-refractivity contribution is 6.21. The van der Waals surface area contributed by atoms with Crippen LogP contribution in [-0.4, -0.2) is 16.1 Å². The van der Waals surface area contributed by atoms with Crippen molar-refractivity contribution in [2.45, 2.75) is 37.2 Å². The highest BCUT2D eigenvalue weighted by Crippen LogP contribution is 2.34. The van der Waals surface area contributed by atoms with Crippen molar-refractivity contribution in [3.8, 4) is 0 Å². The molecular weight excluding hydrogens is 148 g/mol. The summed E-state index contributed by atoms with van der Waals surface area (Å²) in [6.45, 7) is 1.90. The minimum atomic E-state index is -0.712. The van der Waals surface area contributed by atoms with Crippen molar-refractivity contribution in [2.75, 3.05) is 0 Å². The van der Waals surface area contributed by atoms with Gasteiger partial charge >= 0.3 is 0 Å². The Kier molecular flexibility index (Phi) is 2.37. The van der Waals surface area contributed by atoms with Gasteiger partial charge in [0.15, 0.2) is 0 Å². The molecule has 0 unspecified atom stereocenters. The Morgan fingerprint density at radius 2 is 2.40 bits per heavy atom. The van der Waals surface area contributed by atoms with Gasteiger partial charge in [-0.1, -0.05) is 12.2 Å². The van der Waals surface area contributed by atoms with E-state index in [-0.39, 0.29) is 5.38 Å². The second-order valence-electron chi connectivity index (χ2n) is 2.85. The number of aliphatic hydroxyl groups is 1. The van der Waals surface area contributed by atoms with Crippen molar-refractivity contribution < 1.29 is 5.11 Å². The van der Waals surface area contributed by atoms with Crippen LogP contribution in [0, 0.1) is 0 Å². The molecule has 1 nitrogen and oxygen atoms in total. The van der Waals surface area contributed by atoms with E-state index in [0.717, 1.165) is 19.3 Å². The molecule has 0 saturated heterocycles. The molecule has 0 spiro atoms. The SMILES string of the molecule is C/C=C/[C@]1(O)CCC[C@@H]1Cl. The molecular formula is C8H13ClO. The van der Waals surface area contributed by atoms with Gasteiger partial charge in [-0.15, -0.1) is 11.6 Å². The summed E-state index contributed by atoms with van der Waals surface area (Å²) in [5, 5.41) is 9.66. The molecule has 10 heavy (non-hydrogen) atoms. The van der Waals surface area contributed by atoms with Crippen LogP contribution >= 0.6 is 11.6 Å². The largest absolute Gasteiger partial charge is 0.384 e. The fourth-order valence-corrected chi connectivity index (χ4v) is 1.78. The molecule has 0 aliphatic heterocycles. The Hall–Kier alpha value is -0.0100. The van der Waals surface area contributed by atoms with E-state index in [2.05, 4.69) is 0 Å². The van der Waals surface area contributed by atoms with Crippen molar-refractivity contribution in [3.05, 3.63) is 12.2 Å². The van der Waals surface area contributed by atoms with E-state index in [1.54, 1.807) is 6.08 Å². The van der Waals surface area contributed by atoms with E-state index in [1.807, 2.05) is 13.0 Å². The molecule has 1 N–H and O–H groups in total.